The maximum absolute atomic E-state index is 13.0. The normalized spacial score (nSPS) is 20.7. The molecule has 150 valence electrons. The molecule has 0 radical (unpaired) electrons. The van der Waals surface area contributed by atoms with Gasteiger partial charge in [-0.1, -0.05) is 40.2 Å². The predicted octanol–water partition coefficient (Wildman–Crippen LogP) is 3.86. The van der Waals surface area contributed by atoms with E-state index in [9.17, 15) is 13.2 Å². The summed E-state index contributed by atoms with van der Waals surface area (Å²) in [5, 5.41) is 3.00. The Morgan fingerprint density at radius 1 is 1.18 bits per heavy atom. The Bertz CT molecular complexity index is 960. The molecule has 7 heteroatoms. The summed E-state index contributed by atoms with van der Waals surface area (Å²) in [5.74, 6) is -0.105. The van der Waals surface area contributed by atoms with Crippen LogP contribution in [0.5, 0.6) is 0 Å². The third kappa shape index (κ3) is 4.47. The van der Waals surface area contributed by atoms with Crippen LogP contribution in [0.4, 0.5) is 0 Å². The van der Waals surface area contributed by atoms with Gasteiger partial charge in [-0.05, 0) is 62.1 Å². The number of benzene rings is 2. The van der Waals surface area contributed by atoms with E-state index in [1.165, 1.54) is 4.31 Å². The zero-order chi connectivity index (χ0) is 20.4. The number of sulfonamides is 1. The van der Waals surface area contributed by atoms with Crippen molar-refractivity contribution in [2.24, 2.45) is 5.41 Å². The smallest absolute Gasteiger partial charge is 0.243 e. The van der Waals surface area contributed by atoms with Crippen LogP contribution in [-0.4, -0.2) is 31.7 Å². The van der Waals surface area contributed by atoms with Crippen molar-refractivity contribution in [2.45, 2.75) is 38.1 Å². The van der Waals surface area contributed by atoms with Crippen LogP contribution in [-0.2, 0) is 21.4 Å². The highest BCUT2D eigenvalue weighted by atomic mass is 79.9. The van der Waals surface area contributed by atoms with Crippen LogP contribution >= 0.6 is 15.9 Å². The zero-order valence-corrected chi connectivity index (χ0v) is 18.5. The van der Waals surface area contributed by atoms with Gasteiger partial charge >= 0.3 is 0 Å². The molecule has 1 N–H and O–H groups in total. The Hall–Kier alpha value is -1.70. The standard InChI is InChI=1S/C21H25BrN2O3S/c1-16-6-3-4-7-17(16)14-23-20(25)21(2)12-5-13-24(15-21)28(26,27)19-10-8-18(22)9-11-19/h3-4,6-11H,5,12-15H2,1-2H3,(H,23,25)/t21-/m0/s1. The van der Waals surface area contributed by atoms with Crippen molar-refractivity contribution in [1.29, 1.82) is 0 Å². The molecule has 3 rings (SSSR count). The highest BCUT2D eigenvalue weighted by Crippen LogP contribution is 2.33. The second-order valence-corrected chi connectivity index (χ2v) is 10.4. The summed E-state index contributed by atoms with van der Waals surface area (Å²) in [7, 11) is -3.62. The van der Waals surface area contributed by atoms with Crippen LogP contribution in [0.1, 0.15) is 30.9 Å². The first-order chi connectivity index (χ1) is 13.2. The molecular formula is C21H25BrN2O3S. The fourth-order valence-electron chi connectivity index (χ4n) is 3.54. The largest absolute Gasteiger partial charge is 0.352 e. The third-order valence-corrected chi connectivity index (χ3v) is 7.75. The molecule has 1 fully saturated rings. The van der Waals surface area contributed by atoms with E-state index in [1.807, 2.05) is 38.1 Å². The summed E-state index contributed by atoms with van der Waals surface area (Å²) in [6.45, 7) is 4.92. The monoisotopic (exact) mass is 464 g/mol. The van der Waals surface area contributed by atoms with Crippen molar-refractivity contribution in [3.05, 3.63) is 64.1 Å². The minimum atomic E-state index is -3.62. The summed E-state index contributed by atoms with van der Waals surface area (Å²) in [4.78, 5) is 13.2. The lowest BCUT2D eigenvalue weighted by Crippen LogP contribution is -2.51. The Morgan fingerprint density at radius 3 is 2.54 bits per heavy atom. The molecule has 1 heterocycles. The molecule has 1 aliphatic heterocycles. The molecular weight excluding hydrogens is 440 g/mol. The van der Waals surface area contributed by atoms with Crippen molar-refractivity contribution < 1.29 is 13.2 Å². The van der Waals surface area contributed by atoms with Gasteiger partial charge < -0.3 is 5.32 Å². The molecule has 2 aromatic rings. The maximum Gasteiger partial charge on any atom is 0.243 e. The third-order valence-electron chi connectivity index (χ3n) is 5.36. The number of halogens is 1. The van der Waals surface area contributed by atoms with Gasteiger partial charge in [0.15, 0.2) is 0 Å². The van der Waals surface area contributed by atoms with Gasteiger partial charge in [0.05, 0.1) is 10.3 Å². The Morgan fingerprint density at radius 2 is 1.86 bits per heavy atom. The van der Waals surface area contributed by atoms with Crippen LogP contribution in [0.3, 0.4) is 0 Å². The number of carbonyl (C=O) groups excluding carboxylic acids is 1. The van der Waals surface area contributed by atoms with Gasteiger partial charge in [-0.25, -0.2) is 8.42 Å². The molecule has 5 nitrogen and oxygen atoms in total. The molecule has 0 saturated carbocycles. The summed E-state index contributed by atoms with van der Waals surface area (Å²) in [5.41, 5.74) is 1.44. The zero-order valence-electron chi connectivity index (χ0n) is 16.1. The van der Waals surface area contributed by atoms with Crippen LogP contribution in [0.2, 0.25) is 0 Å². The molecule has 1 amide bonds. The number of hydrogen-bond acceptors (Lipinski definition) is 3. The first kappa shape index (κ1) is 21.0. The summed E-state index contributed by atoms with van der Waals surface area (Å²) >= 11 is 3.33. The van der Waals surface area contributed by atoms with Crippen LogP contribution in [0.25, 0.3) is 0 Å². The summed E-state index contributed by atoms with van der Waals surface area (Å²) < 4.78 is 28.3. The van der Waals surface area contributed by atoms with E-state index in [-0.39, 0.29) is 17.3 Å². The fraction of sp³-hybridized carbons (Fsp3) is 0.381. The van der Waals surface area contributed by atoms with Gasteiger partial charge in [0.1, 0.15) is 0 Å². The van der Waals surface area contributed by atoms with Gasteiger partial charge in [0.25, 0.3) is 0 Å². The first-order valence-corrected chi connectivity index (χ1v) is 11.5. The molecule has 1 saturated heterocycles. The molecule has 2 aromatic carbocycles. The molecule has 28 heavy (non-hydrogen) atoms. The number of nitrogens with one attached hydrogen (secondary N) is 1. The average Bonchev–Trinajstić information content (AvgIpc) is 2.67. The lowest BCUT2D eigenvalue weighted by molar-refractivity contribution is -0.132. The number of amides is 1. The Labute approximate surface area is 175 Å². The lowest BCUT2D eigenvalue weighted by atomic mass is 9.82. The minimum Gasteiger partial charge on any atom is -0.352 e. The fourth-order valence-corrected chi connectivity index (χ4v) is 5.40. The van der Waals surface area contributed by atoms with Gasteiger partial charge in [0, 0.05) is 24.1 Å². The lowest BCUT2D eigenvalue weighted by Gasteiger charge is -2.38. The van der Waals surface area contributed by atoms with Crippen molar-refractivity contribution in [3.63, 3.8) is 0 Å². The minimum absolute atomic E-state index is 0.105. The second kappa shape index (κ2) is 8.35. The van der Waals surface area contributed by atoms with E-state index >= 15 is 0 Å². The van der Waals surface area contributed by atoms with E-state index in [4.69, 9.17) is 0 Å². The van der Waals surface area contributed by atoms with Crippen molar-refractivity contribution in [3.8, 4) is 0 Å². The second-order valence-electron chi connectivity index (χ2n) is 7.57. The molecule has 1 atom stereocenters. The van der Waals surface area contributed by atoms with Gasteiger partial charge in [-0.15, -0.1) is 0 Å². The Kier molecular flexibility index (Phi) is 6.27. The SMILES string of the molecule is Cc1ccccc1CNC(=O)[C@@]1(C)CCCN(S(=O)(=O)c2ccc(Br)cc2)C1. The van der Waals surface area contributed by atoms with Crippen molar-refractivity contribution in [1.82, 2.24) is 9.62 Å². The van der Waals surface area contributed by atoms with E-state index < -0.39 is 15.4 Å². The molecule has 0 spiro atoms. The van der Waals surface area contributed by atoms with Crippen molar-refractivity contribution in [2.75, 3.05) is 13.1 Å². The quantitative estimate of drug-likeness (QED) is 0.729. The number of carbonyl (C=O) groups is 1. The molecule has 1 aliphatic rings. The van der Waals surface area contributed by atoms with Gasteiger partial charge in [0.2, 0.25) is 15.9 Å². The molecule has 0 aromatic heterocycles. The number of aryl methyl sites for hydroxylation is 1. The highest BCUT2D eigenvalue weighted by Gasteiger charge is 2.41. The van der Waals surface area contributed by atoms with Crippen LogP contribution < -0.4 is 5.32 Å². The molecule has 0 unspecified atom stereocenters. The molecule has 0 bridgehead atoms. The maximum atomic E-state index is 13.0. The average molecular weight is 465 g/mol. The number of nitrogens with zero attached hydrogens (tertiary/aromatic N) is 1. The van der Waals surface area contributed by atoms with Gasteiger partial charge in [-0.2, -0.15) is 4.31 Å². The summed E-state index contributed by atoms with van der Waals surface area (Å²) in [6.07, 6.45) is 1.32. The number of piperidine rings is 1. The highest BCUT2D eigenvalue weighted by molar-refractivity contribution is 9.10. The van der Waals surface area contributed by atoms with Crippen LogP contribution in [0, 0.1) is 12.3 Å². The van der Waals surface area contributed by atoms with E-state index in [0.29, 0.717) is 25.9 Å². The van der Waals surface area contributed by atoms with E-state index in [2.05, 4.69) is 21.2 Å². The number of rotatable bonds is 5. The van der Waals surface area contributed by atoms with Gasteiger partial charge in [-0.3, -0.25) is 4.79 Å². The predicted molar refractivity (Wildman–Crippen MR) is 113 cm³/mol. The number of hydrogen-bond donors (Lipinski definition) is 1. The van der Waals surface area contributed by atoms with Crippen molar-refractivity contribution >= 4 is 31.9 Å². The molecule has 0 aliphatic carbocycles. The van der Waals surface area contributed by atoms with E-state index in [1.54, 1.807) is 24.3 Å². The van der Waals surface area contributed by atoms with E-state index in [0.717, 1.165) is 15.6 Å². The topological polar surface area (TPSA) is 66.5 Å². The Balaban J connectivity index is 1.72. The van der Waals surface area contributed by atoms with Crippen LogP contribution in [0.15, 0.2) is 57.9 Å². The summed E-state index contributed by atoms with van der Waals surface area (Å²) in [6, 6.07) is 14.5. The first-order valence-electron chi connectivity index (χ1n) is 9.31.